The van der Waals surface area contributed by atoms with Crippen molar-refractivity contribution in [1.82, 2.24) is 4.31 Å². The third-order valence-electron chi connectivity index (χ3n) is 3.16. The Bertz CT molecular complexity index is 696. The summed E-state index contributed by atoms with van der Waals surface area (Å²) in [4.78, 5) is 11.0. The molecule has 1 aliphatic heterocycles. The lowest BCUT2D eigenvalue weighted by atomic mass is 10.2. The SMILES string of the molecule is N#Cc1c(Br)cccc1S(=O)(=O)N1CCC[C@H]1C(=O)O. The van der Waals surface area contributed by atoms with Gasteiger partial charge in [-0.25, -0.2) is 8.42 Å². The van der Waals surface area contributed by atoms with E-state index in [-0.39, 0.29) is 23.4 Å². The molecule has 0 amide bonds. The molecule has 8 heteroatoms. The van der Waals surface area contributed by atoms with Gasteiger partial charge in [-0.05, 0) is 40.9 Å². The van der Waals surface area contributed by atoms with E-state index in [4.69, 9.17) is 10.4 Å². The molecule has 6 nitrogen and oxygen atoms in total. The number of carboxylic acids is 1. The quantitative estimate of drug-likeness (QED) is 0.883. The monoisotopic (exact) mass is 358 g/mol. The fourth-order valence-electron chi connectivity index (χ4n) is 2.23. The summed E-state index contributed by atoms with van der Waals surface area (Å²) in [5, 5.41) is 18.2. The molecule has 0 saturated carbocycles. The summed E-state index contributed by atoms with van der Waals surface area (Å²) in [7, 11) is -4.00. The summed E-state index contributed by atoms with van der Waals surface area (Å²) in [6.07, 6.45) is 0.774. The summed E-state index contributed by atoms with van der Waals surface area (Å²) in [6.45, 7) is 0.149. The molecule has 2 rings (SSSR count). The predicted octanol–water partition coefficient (Wildman–Crippen LogP) is 1.56. The summed E-state index contributed by atoms with van der Waals surface area (Å²) in [5.74, 6) is -1.17. The van der Waals surface area contributed by atoms with Gasteiger partial charge in [-0.2, -0.15) is 9.57 Å². The van der Waals surface area contributed by atoms with Crippen LogP contribution in [0.15, 0.2) is 27.6 Å². The van der Waals surface area contributed by atoms with E-state index in [0.29, 0.717) is 10.9 Å². The maximum absolute atomic E-state index is 12.6. The van der Waals surface area contributed by atoms with Crippen LogP contribution in [0.1, 0.15) is 18.4 Å². The molecule has 0 bridgehead atoms. The smallest absolute Gasteiger partial charge is 0.322 e. The highest BCUT2D eigenvalue weighted by Crippen LogP contribution is 2.30. The third kappa shape index (κ3) is 2.44. The second kappa shape index (κ2) is 5.52. The third-order valence-corrected chi connectivity index (χ3v) is 5.77. The Balaban J connectivity index is 2.54. The van der Waals surface area contributed by atoms with Crippen molar-refractivity contribution in [3.05, 3.63) is 28.2 Å². The number of rotatable bonds is 3. The molecule has 1 N–H and O–H groups in total. The molecule has 0 unspecified atom stereocenters. The Morgan fingerprint density at radius 3 is 2.80 bits per heavy atom. The molecule has 1 aliphatic rings. The Morgan fingerprint density at radius 2 is 2.20 bits per heavy atom. The number of carbonyl (C=O) groups is 1. The number of nitriles is 1. The summed E-state index contributed by atoms with van der Waals surface area (Å²) in [5.41, 5.74) is -0.0106. The number of carboxylic acid groups (broad SMARTS) is 1. The highest BCUT2D eigenvalue weighted by Gasteiger charge is 2.40. The summed E-state index contributed by atoms with van der Waals surface area (Å²) >= 11 is 3.13. The molecule has 1 heterocycles. The molecule has 1 saturated heterocycles. The molecule has 0 spiro atoms. The normalized spacial score (nSPS) is 19.7. The van der Waals surface area contributed by atoms with Gasteiger partial charge in [0.2, 0.25) is 10.0 Å². The molecule has 106 valence electrons. The fourth-order valence-corrected chi connectivity index (χ4v) is 4.63. The largest absolute Gasteiger partial charge is 0.480 e. The van der Waals surface area contributed by atoms with E-state index in [1.165, 1.54) is 12.1 Å². The first-order valence-electron chi connectivity index (χ1n) is 5.83. The van der Waals surface area contributed by atoms with Crippen molar-refractivity contribution in [2.45, 2.75) is 23.8 Å². The first-order valence-corrected chi connectivity index (χ1v) is 8.06. The van der Waals surface area contributed by atoms with E-state index in [1.807, 2.05) is 6.07 Å². The van der Waals surface area contributed by atoms with Crippen LogP contribution in [-0.4, -0.2) is 36.4 Å². The minimum atomic E-state index is -4.00. The number of hydrogen-bond acceptors (Lipinski definition) is 4. The second-order valence-corrected chi connectivity index (χ2v) is 7.05. The van der Waals surface area contributed by atoms with Gasteiger partial charge in [-0.15, -0.1) is 0 Å². The van der Waals surface area contributed by atoms with Gasteiger partial charge in [0.05, 0.1) is 5.56 Å². The fraction of sp³-hybridized carbons (Fsp3) is 0.333. The average Bonchev–Trinajstić information content (AvgIpc) is 2.88. The second-order valence-electron chi connectivity index (χ2n) is 4.34. The van der Waals surface area contributed by atoms with Gasteiger partial charge >= 0.3 is 5.97 Å². The van der Waals surface area contributed by atoms with E-state index in [1.54, 1.807) is 6.07 Å². The molecule has 0 aromatic heterocycles. The predicted molar refractivity (Wildman–Crippen MR) is 73.4 cm³/mol. The van der Waals surface area contributed by atoms with Crippen LogP contribution >= 0.6 is 15.9 Å². The van der Waals surface area contributed by atoms with E-state index < -0.39 is 22.0 Å². The number of halogens is 1. The van der Waals surface area contributed by atoms with Crippen LogP contribution in [0.5, 0.6) is 0 Å². The number of sulfonamides is 1. The maximum atomic E-state index is 12.6. The van der Waals surface area contributed by atoms with Crippen molar-refractivity contribution in [1.29, 1.82) is 5.26 Å². The zero-order chi connectivity index (χ0) is 14.9. The molecule has 0 aliphatic carbocycles. The summed E-state index contributed by atoms with van der Waals surface area (Å²) < 4.78 is 26.5. The number of benzene rings is 1. The molecule has 1 aromatic carbocycles. The van der Waals surface area contributed by atoms with Crippen LogP contribution in [0.4, 0.5) is 0 Å². The zero-order valence-electron chi connectivity index (χ0n) is 10.3. The van der Waals surface area contributed by atoms with Crippen molar-refractivity contribution in [3.8, 4) is 6.07 Å². The van der Waals surface area contributed by atoms with Crippen LogP contribution in [-0.2, 0) is 14.8 Å². The van der Waals surface area contributed by atoms with Crippen LogP contribution in [0, 0.1) is 11.3 Å². The van der Waals surface area contributed by atoms with Crippen LogP contribution < -0.4 is 0 Å². The standard InChI is InChI=1S/C12H11BrN2O4S/c13-9-3-1-5-11(8(9)7-14)20(18,19)15-6-2-4-10(15)12(16)17/h1,3,5,10H,2,4,6H2,(H,16,17)/t10-/m0/s1. The molecule has 1 aromatic rings. The van der Waals surface area contributed by atoms with Gasteiger partial charge < -0.3 is 5.11 Å². The zero-order valence-corrected chi connectivity index (χ0v) is 12.7. The number of nitrogens with zero attached hydrogens (tertiary/aromatic N) is 2. The van der Waals surface area contributed by atoms with E-state index >= 15 is 0 Å². The van der Waals surface area contributed by atoms with Crippen LogP contribution in [0.3, 0.4) is 0 Å². The number of hydrogen-bond donors (Lipinski definition) is 1. The molecular weight excluding hydrogens is 348 g/mol. The van der Waals surface area contributed by atoms with Crippen molar-refractivity contribution in [2.75, 3.05) is 6.54 Å². The summed E-state index contributed by atoms with van der Waals surface area (Å²) in [6, 6.07) is 5.16. The lowest BCUT2D eigenvalue weighted by molar-refractivity contribution is -0.140. The van der Waals surface area contributed by atoms with Gasteiger partial charge in [0.25, 0.3) is 0 Å². The van der Waals surface area contributed by atoms with Crippen molar-refractivity contribution in [2.24, 2.45) is 0 Å². The highest BCUT2D eigenvalue weighted by molar-refractivity contribution is 9.10. The van der Waals surface area contributed by atoms with Crippen LogP contribution in [0.2, 0.25) is 0 Å². The topological polar surface area (TPSA) is 98.5 Å². The first kappa shape index (κ1) is 15.0. The Labute approximate surface area is 124 Å². The minimum Gasteiger partial charge on any atom is -0.480 e. The van der Waals surface area contributed by atoms with Crippen molar-refractivity contribution < 1.29 is 18.3 Å². The van der Waals surface area contributed by atoms with E-state index in [9.17, 15) is 13.2 Å². The lowest BCUT2D eigenvalue weighted by Gasteiger charge is -2.21. The lowest BCUT2D eigenvalue weighted by Crippen LogP contribution is -2.40. The Hall–Kier alpha value is -1.43. The number of aliphatic carboxylic acids is 1. The van der Waals surface area contributed by atoms with Crippen LogP contribution in [0.25, 0.3) is 0 Å². The van der Waals surface area contributed by atoms with Gasteiger partial charge in [0.15, 0.2) is 0 Å². The average molecular weight is 359 g/mol. The maximum Gasteiger partial charge on any atom is 0.322 e. The van der Waals surface area contributed by atoms with E-state index in [0.717, 1.165) is 4.31 Å². The molecule has 1 fully saturated rings. The molecular formula is C12H11BrN2O4S. The van der Waals surface area contributed by atoms with Gasteiger partial charge in [0, 0.05) is 11.0 Å². The van der Waals surface area contributed by atoms with Gasteiger partial charge in [-0.3, -0.25) is 4.79 Å². The van der Waals surface area contributed by atoms with Gasteiger partial charge in [0.1, 0.15) is 17.0 Å². The van der Waals surface area contributed by atoms with E-state index in [2.05, 4.69) is 15.9 Å². The van der Waals surface area contributed by atoms with Crippen molar-refractivity contribution in [3.63, 3.8) is 0 Å². The minimum absolute atomic E-state index is 0.0106. The molecule has 1 atom stereocenters. The molecule has 0 radical (unpaired) electrons. The Kier molecular flexibility index (Phi) is 4.13. The van der Waals surface area contributed by atoms with Gasteiger partial charge in [-0.1, -0.05) is 6.07 Å². The highest BCUT2D eigenvalue weighted by atomic mass is 79.9. The first-order chi connectivity index (χ1) is 9.39. The molecule has 20 heavy (non-hydrogen) atoms. The van der Waals surface area contributed by atoms with Crippen molar-refractivity contribution >= 4 is 31.9 Å². The Morgan fingerprint density at radius 1 is 1.50 bits per heavy atom.